The van der Waals surface area contributed by atoms with Gasteiger partial charge in [-0.3, -0.25) is 9.59 Å². The van der Waals surface area contributed by atoms with Crippen molar-refractivity contribution in [1.29, 1.82) is 0 Å². The number of imidazole rings is 1. The molecule has 4 rings (SSSR count). The van der Waals surface area contributed by atoms with Crippen LogP contribution < -0.4 is 11.1 Å². The number of likely N-dealkylation sites (tertiary alicyclic amines) is 1. The second-order valence-corrected chi connectivity index (χ2v) is 9.76. The van der Waals surface area contributed by atoms with E-state index in [1.54, 1.807) is 6.20 Å². The van der Waals surface area contributed by atoms with E-state index in [9.17, 15) is 9.59 Å². The number of piperidine rings is 1. The Labute approximate surface area is 212 Å². The van der Waals surface area contributed by atoms with Crippen molar-refractivity contribution in [3.63, 3.8) is 0 Å². The highest BCUT2D eigenvalue weighted by Crippen LogP contribution is 2.25. The summed E-state index contributed by atoms with van der Waals surface area (Å²) in [6, 6.07) is 10.1. The number of hydrogen-bond acceptors (Lipinski definition) is 5. The number of benzene rings is 1. The van der Waals surface area contributed by atoms with Crippen LogP contribution in [0.15, 0.2) is 48.9 Å². The maximum absolute atomic E-state index is 12.8. The van der Waals surface area contributed by atoms with Crippen molar-refractivity contribution in [2.45, 2.75) is 50.9 Å². The number of carbonyl (C=O) groups excluding carboxylic acids is 2. The van der Waals surface area contributed by atoms with Crippen molar-refractivity contribution in [2.75, 3.05) is 26.7 Å². The number of aromatic nitrogens is 4. The number of nitrogens with two attached hydrogens (primary N) is 1. The van der Waals surface area contributed by atoms with E-state index in [1.165, 1.54) is 0 Å². The Bertz CT molecular complexity index is 1100. The van der Waals surface area contributed by atoms with Crippen molar-refractivity contribution in [3.8, 4) is 16.9 Å². The normalized spacial score (nSPS) is 15.6. The Hall–Kier alpha value is -3.46. The van der Waals surface area contributed by atoms with E-state index < -0.39 is 0 Å². The largest absolute Gasteiger partial charge is 0.370 e. The second-order valence-electron chi connectivity index (χ2n) is 9.76. The summed E-state index contributed by atoms with van der Waals surface area (Å²) < 4.78 is 1.82. The molecule has 1 aliphatic heterocycles. The second kappa shape index (κ2) is 12.5. The molecule has 0 saturated carbocycles. The zero-order valence-electron chi connectivity index (χ0n) is 21.0. The smallest absolute Gasteiger partial charge is 0.223 e. The first kappa shape index (κ1) is 25.6. The van der Waals surface area contributed by atoms with Crippen molar-refractivity contribution >= 4 is 11.8 Å². The predicted octanol–water partition coefficient (Wildman–Crippen LogP) is 3.24. The molecule has 36 heavy (non-hydrogen) atoms. The van der Waals surface area contributed by atoms with Crippen LogP contribution in [0.5, 0.6) is 0 Å². The number of primary amides is 1. The van der Waals surface area contributed by atoms with Crippen LogP contribution in [0.4, 0.5) is 0 Å². The minimum absolute atomic E-state index is 0.0749. The van der Waals surface area contributed by atoms with Gasteiger partial charge in [0.15, 0.2) is 0 Å². The molecule has 2 amide bonds. The van der Waals surface area contributed by atoms with Gasteiger partial charge in [-0.15, -0.1) is 0 Å². The van der Waals surface area contributed by atoms with Crippen molar-refractivity contribution < 1.29 is 9.59 Å². The van der Waals surface area contributed by atoms with Crippen LogP contribution in [0, 0.1) is 5.92 Å². The highest BCUT2D eigenvalue weighted by molar-refractivity contribution is 5.78. The summed E-state index contributed by atoms with van der Waals surface area (Å²) in [5, 5.41) is 7.47. The molecule has 1 unspecified atom stereocenters. The van der Waals surface area contributed by atoms with Gasteiger partial charge in [-0.25, -0.2) is 9.67 Å². The van der Waals surface area contributed by atoms with Crippen LogP contribution in [0.1, 0.15) is 56.7 Å². The quantitative estimate of drug-likeness (QED) is 0.336. The maximum Gasteiger partial charge on any atom is 0.223 e. The zero-order valence-corrected chi connectivity index (χ0v) is 21.0. The lowest BCUT2D eigenvalue weighted by atomic mass is 9.95. The minimum atomic E-state index is -0.258. The lowest BCUT2D eigenvalue weighted by Crippen LogP contribution is -2.40. The van der Waals surface area contributed by atoms with Crippen molar-refractivity contribution in [3.05, 3.63) is 54.7 Å². The molecule has 1 aromatic carbocycles. The van der Waals surface area contributed by atoms with E-state index in [0.717, 1.165) is 74.4 Å². The van der Waals surface area contributed by atoms with Crippen LogP contribution in [0.3, 0.4) is 0 Å². The molecular weight excluding hydrogens is 454 g/mol. The van der Waals surface area contributed by atoms with Crippen LogP contribution >= 0.6 is 0 Å². The summed E-state index contributed by atoms with van der Waals surface area (Å²) in [4.78, 5) is 34.3. The third-order valence-electron chi connectivity index (χ3n) is 7.02. The van der Waals surface area contributed by atoms with Gasteiger partial charge in [0.25, 0.3) is 0 Å². The standard InChI is InChI=1S/C27H37N7O2/c1-33-16-12-21(13-17-33)27(36)30-18-22(6-3-2-4-7-25(28)35)26-29-19-24(32-26)20-8-10-23(11-9-20)34-15-5-14-31-34/h5,8-11,14-15,19,21-22H,2-4,6-7,12-13,16-18H2,1H3,(H2,28,35)(H,29,32)(H,30,36). The molecule has 1 atom stereocenters. The Morgan fingerprint density at radius 1 is 1.17 bits per heavy atom. The van der Waals surface area contributed by atoms with Crippen molar-refractivity contribution in [2.24, 2.45) is 11.7 Å². The van der Waals surface area contributed by atoms with E-state index >= 15 is 0 Å². The van der Waals surface area contributed by atoms with Gasteiger partial charge in [-0.2, -0.15) is 5.10 Å². The van der Waals surface area contributed by atoms with Gasteiger partial charge < -0.3 is 20.9 Å². The first-order valence-electron chi connectivity index (χ1n) is 12.9. The average molecular weight is 492 g/mol. The van der Waals surface area contributed by atoms with Gasteiger partial charge in [0.05, 0.1) is 17.6 Å². The van der Waals surface area contributed by atoms with Gasteiger partial charge >= 0.3 is 0 Å². The minimum Gasteiger partial charge on any atom is -0.370 e. The molecule has 3 heterocycles. The fourth-order valence-corrected chi connectivity index (χ4v) is 4.75. The summed E-state index contributed by atoms with van der Waals surface area (Å²) in [6.45, 7) is 2.47. The topological polar surface area (TPSA) is 122 Å². The van der Waals surface area contributed by atoms with E-state index in [2.05, 4.69) is 44.5 Å². The van der Waals surface area contributed by atoms with Crippen LogP contribution in [0.2, 0.25) is 0 Å². The molecule has 9 nitrogen and oxygen atoms in total. The highest BCUT2D eigenvalue weighted by atomic mass is 16.2. The van der Waals surface area contributed by atoms with E-state index in [1.807, 2.05) is 35.3 Å². The summed E-state index contributed by atoms with van der Waals surface area (Å²) in [5.41, 5.74) is 8.25. The average Bonchev–Trinajstić information content (AvgIpc) is 3.59. The monoisotopic (exact) mass is 491 g/mol. The van der Waals surface area contributed by atoms with Crippen LogP contribution in [0.25, 0.3) is 16.9 Å². The Balaban J connectivity index is 1.40. The van der Waals surface area contributed by atoms with E-state index in [-0.39, 0.29) is 23.7 Å². The molecule has 1 aliphatic rings. The summed E-state index contributed by atoms with van der Waals surface area (Å²) >= 11 is 0. The van der Waals surface area contributed by atoms with Gasteiger partial charge in [0.2, 0.25) is 11.8 Å². The molecule has 0 bridgehead atoms. The summed E-state index contributed by atoms with van der Waals surface area (Å²) in [5.74, 6) is 0.914. The molecule has 4 N–H and O–H groups in total. The number of H-pyrrole nitrogens is 1. The van der Waals surface area contributed by atoms with Gasteiger partial charge in [0, 0.05) is 37.2 Å². The fourth-order valence-electron chi connectivity index (χ4n) is 4.75. The third kappa shape index (κ3) is 7.04. The fraction of sp³-hybridized carbons (Fsp3) is 0.481. The molecule has 0 radical (unpaired) electrons. The first-order valence-corrected chi connectivity index (χ1v) is 12.9. The molecule has 192 valence electrons. The van der Waals surface area contributed by atoms with Crippen LogP contribution in [-0.4, -0.2) is 63.1 Å². The van der Waals surface area contributed by atoms with Gasteiger partial charge in [-0.05, 0) is 69.6 Å². The zero-order chi connectivity index (χ0) is 25.3. The van der Waals surface area contributed by atoms with Crippen LogP contribution in [-0.2, 0) is 9.59 Å². The lowest BCUT2D eigenvalue weighted by molar-refractivity contribution is -0.126. The maximum atomic E-state index is 12.8. The Morgan fingerprint density at radius 2 is 1.94 bits per heavy atom. The van der Waals surface area contributed by atoms with Crippen molar-refractivity contribution in [1.82, 2.24) is 30.0 Å². The number of amides is 2. The molecule has 3 aromatic rings. The van der Waals surface area contributed by atoms with Gasteiger partial charge in [0.1, 0.15) is 5.82 Å². The lowest BCUT2D eigenvalue weighted by Gasteiger charge is -2.28. The molecule has 1 fully saturated rings. The predicted molar refractivity (Wildman–Crippen MR) is 139 cm³/mol. The molecule has 2 aromatic heterocycles. The molecule has 0 spiro atoms. The number of carbonyl (C=O) groups is 2. The molecule has 1 saturated heterocycles. The first-order chi connectivity index (χ1) is 17.5. The van der Waals surface area contributed by atoms with E-state index in [0.29, 0.717) is 13.0 Å². The SMILES string of the molecule is CN1CCC(C(=O)NCC(CCCCCC(N)=O)c2ncc(-c3ccc(-n4cccn4)cc3)[nH]2)CC1. The van der Waals surface area contributed by atoms with E-state index in [4.69, 9.17) is 5.73 Å². The number of nitrogens with one attached hydrogen (secondary N) is 2. The Morgan fingerprint density at radius 3 is 2.64 bits per heavy atom. The number of aromatic amines is 1. The number of rotatable bonds is 12. The summed E-state index contributed by atoms with van der Waals surface area (Å²) in [6.07, 6.45) is 11.3. The Kier molecular flexibility index (Phi) is 8.89. The molecule has 9 heteroatoms. The highest BCUT2D eigenvalue weighted by Gasteiger charge is 2.24. The number of hydrogen-bond donors (Lipinski definition) is 3. The third-order valence-corrected chi connectivity index (χ3v) is 7.02. The molecule has 0 aliphatic carbocycles. The van der Waals surface area contributed by atoms with Gasteiger partial charge in [-0.1, -0.05) is 25.0 Å². The summed E-state index contributed by atoms with van der Waals surface area (Å²) in [7, 11) is 2.10. The molecular formula is C27H37N7O2. The number of nitrogens with zero attached hydrogens (tertiary/aromatic N) is 4. The number of unbranched alkanes of at least 4 members (excludes halogenated alkanes) is 2.